The third kappa shape index (κ3) is 4.45. The highest BCUT2D eigenvalue weighted by Gasteiger charge is 2.37. The van der Waals surface area contributed by atoms with Gasteiger partial charge >= 0.3 is 6.03 Å². The molecule has 2 aromatic rings. The third-order valence-corrected chi connectivity index (χ3v) is 5.68. The van der Waals surface area contributed by atoms with Crippen LogP contribution in [0.2, 0.25) is 0 Å². The summed E-state index contributed by atoms with van der Waals surface area (Å²) in [5, 5.41) is 3.01. The van der Waals surface area contributed by atoms with Crippen molar-refractivity contribution in [1.82, 2.24) is 20.2 Å². The largest absolute Gasteiger partial charge is 0.338 e. The molecule has 2 fully saturated rings. The molecule has 6 heteroatoms. The summed E-state index contributed by atoms with van der Waals surface area (Å²) in [6.07, 6.45) is 6.66. The lowest BCUT2D eigenvalue weighted by atomic mass is 9.96. The van der Waals surface area contributed by atoms with E-state index in [2.05, 4.69) is 22.4 Å². The number of rotatable bonds is 5. The smallest absolute Gasteiger partial charge is 0.317 e. The van der Waals surface area contributed by atoms with Crippen LogP contribution in [-0.2, 0) is 0 Å². The summed E-state index contributed by atoms with van der Waals surface area (Å²) in [4.78, 5) is 23.5. The van der Waals surface area contributed by atoms with E-state index in [4.69, 9.17) is 10.7 Å². The number of hydrogen-bond donors (Lipinski definition) is 2. The average molecular weight is 365 g/mol. The molecule has 1 aliphatic heterocycles. The minimum atomic E-state index is -0.0125. The molecule has 2 amide bonds. The summed E-state index contributed by atoms with van der Waals surface area (Å²) in [6, 6.07) is 12.1. The van der Waals surface area contributed by atoms with Gasteiger partial charge < -0.3 is 16.0 Å². The number of nitrogens with one attached hydrogen (secondary N) is 1. The molecular formula is C21H27N5O. The maximum atomic E-state index is 12.3. The maximum Gasteiger partial charge on any atom is 0.317 e. The quantitative estimate of drug-likeness (QED) is 0.853. The molecule has 0 spiro atoms. The van der Waals surface area contributed by atoms with E-state index in [9.17, 15) is 4.79 Å². The highest BCUT2D eigenvalue weighted by Crippen LogP contribution is 2.35. The summed E-state index contributed by atoms with van der Waals surface area (Å²) < 4.78 is 0. The van der Waals surface area contributed by atoms with Crippen molar-refractivity contribution in [3.63, 3.8) is 0 Å². The molecular weight excluding hydrogens is 338 g/mol. The second-order valence-electron chi connectivity index (χ2n) is 7.77. The van der Waals surface area contributed by atoms with Crippen LogP contribution >= 0.6 is 0 Å². The molecule has 1 aromatic carbocycles. The second kappa shape index (κ2) is 7.64. The first-order chi connectivity index (χ1) is 13.1. The van der Waals surface area contributed by atoms with Crippen LogP contribution in [0.25, 0.3) is 11.3 Å². The van der Waals surface area contributed by atoms with Gasteiger partial charge in [0.1, 0.15) is 5.82 Å². The van der Waals surface area contributed by atoms with E-state index in [1.165, 1.54) is 0 Å². The van der Waals surface area contributed by atoms with Crippen LogP contribution in [0.3, 0.4) is 0 Å². The molecule has 6 nitrogen and oxygen atoms in total. The predicted octanol–water partition coefficient (Wildman–Crippen LogP) is 2.91. The first-order valence-corrected chi connectivity index (χ1v) is 9.83. The number of benzene rings is 1. The van der Waals surface area contributed by atoms with E-state index in [-0.39, 0.29) is 11.6 Å². The summed E-state index contributed by atoms with van der Waals surface area (Å²) >= 11 is 0. The van der Waals surface area contributed by atoms with E-state index in [0.717, 1.165) is 62.3 Å². The molecule has 27 heavy (non-hydrogen) atoms. The van der Waals surface area contributed by atoms with Crippen LogP contribution in [0.4, 0.5) is 4.79 Å². The van der Waals surface area contributed by atoms with Crippen LogP contribution in [-0.4, -0.2) is 46.1 Å². The number of nitrogens with zero attached hydrogens (tertiary/aromatic N) is 3. The molecule has 0 radical (unpaired) electrons. The van der Waals surface area contributed by atoms with Gasteiger partial charge in [-0.25, -0.2) is 14.8 Å². The summed E-state index contributed by atoms with van der Waals surface area (Å²) in [5.41, 5.74) is 8.11. The van der Waals surface area contributed by atoms with Crippen molar-refractivity contribution in [3.8, 4) is 11.3 Å². The van der Waals surface area contributed by atoms with Gasteiger partial charge in [0, 0.05) is 42.9 Å². The highest BCUT2D eigenvalue weighted by atomic mass is 16.2. The van der Waals surface area contributed by atoms with Crippen molar-refractivity contribution in [3.05, 3.63) is 48.4 Å². The van der Waals surface area contributed by atoms with Gasteiger partial charge in [-0.3, -0.25) is 0 Å². The Morgan fingerprint density at radius 3 is 2.63 bits per heavy atom. The van der Waals surface area contributed by atoms with Crippen molar-refractivity contribution in [2.75, 3.05) is 19.6 Å². The molecule has 0 atom stereocenters. The number of aromatic nitrogens is 2. The van der Waals surface area contributed by atoms with Gasteiger partial charge in [0.05, 0.1) is 5.69 Å². The highest BCUT2D eigenvalue weighted by molar-refractivity contribution is 5.74. The molecule has 1 aliphatic carbocycles. The Labute approximate surface area is 160 Å². The van der Waals surface area contributed by atoms with Crippen molar-refractivity contribution in [2.24, 2.45) is 5.73 Å². The lowest BCUT2D eigenvalue weighted by Gasteiger charge is -2.31. The van der Waals surface area contributed by atoms with E-state index in [1.807, 2.05) is 35.4 Å². The Balaban J connectivity index is 1.30. The molecule has 3 N–H and O–H groups in total. The molecule has 142 valence electrons. The number of urea groups is 1. The average Bonchev–Trinajstić information content (AvgIpc) is 3.46. The number of carbonyl (C=O) groups excluding carboxylic acids is 1. The number of likely N-dealkylation sites (tertiary alicyclic amines) is 1. The third-order valence-electron chi connectivity index (χ3n) is 5.68. The molecule has 1 aromatic heterocycles. The van der Waals surface area contributed by atoms with Crippen molar-refractivity contribution < 1.29 is 4.79 Å². The van der Waals surface area contributed by atoms with Crippen molar-refractivity contribution >= 4 is 6.03 Å². The number of nitrogens with two attached hydrogens (primary N) is 1. The molecule has 2 heterocycles. The standard InChI is InChI=1S/C21H27N5O/c22-21(9-10-21)11-13-24-20(27)26-14-7-17(8-15-26)19-23-12-6-18(25-19)16-4-2-1-3-5-16/h1-6,12,17H,7-11,13-15,22H2,(H,24,27). The topological polar surface area (TPSA) is 84.1 Å². The minimum Gasteiger partial charge on any atom is -0.338 e. The first kappa shape index (κ1) is 17.9. The maximum absolute atomic E-state index is 12.3. The summed E-state index contributed by atoms with van der Waals surface area (Å²) in [6.45, 7) is 2.14. The van der Waals surface area contributed by atoms with E-state index < -0.39 is 0 Å². The SMILES string of the molecule is NC1(CCNC(=O)N2CCC(c3nccc(-c4ccccc4)n3)CC2)CC1. The molecule has 1 saturated heterocycles. The lowest BCUT2D eigenvalue weighted by Crippen LogP contribution is -2.45. The van der Waals surface area contributed by atoms with Gasteiger partial charge in [-0.15, -0.1) is 0 Å². The first-order valence-electron chi connectivity index (χ1n) is 9.83. The Morgan fingerprint density at radius 2 is 1.93 bits per heavy atom. The summed E-state index contributed by atoms with van der Waals surface area (Å²) in [7, 11) is 0. The Morgan fingerprint density at radius 1 is 1.19 bits per heavy atom. The fraction of sp³-hybridized carbons (Fsp3) is 0.476. The monoisotopic (exact) mass is 365 g/mol. The van der Waals surface area contributed by atoms with Crippen LogP contribution in [0.15, 0.2) is 42.6 Å². The van der Waals surface area contributed by atoms with E-state index in [1.54, 1.807) is 0 Å². The molecule has 4 rings (SSSR count). The van der Waals surface area contributed by atoms with Crippen molar-refractivity contribution in [2.45, 2.75) is 43.6 Å². The molecule has 1 saturated carbocycles. The predicted molar refractivity (Wildman–Crippen MR) is 105 cm³/mol. The second-order valence-corrected chi connectivity index (χ2v) is 7.77. The van der Waals surface area contributed by atoms with Gasteiger partial charge in [-0.05, 0) is 38.2 Å². The number of hydrogen-bond acceptors (Lipinski definition) is 4. The molecule has 0 unspecified atom stereocenters. The Hall–Kier alpha value is -2.47. The number of piperidine rings is 1. The number of amides is 2. The van der Waals surface area contributed by atoms with Crippen molar-refractivity contribution in [1.29, 1.82) is 0 Å². The van der Waals surface area contributed by atoms with Crippen LogP contribution in [0, 0.1) is 0 Å². The lowest BCUT2D eigenvalue weighted by molar-refractivity contribution is 0.180. The fourth-order valence-corrected chi connectivity index (χ4v) is 3.62. The normalized spacial score (nSPS) is 18.9. The van der Waals surface area contributed by atoms with Gasteiger partial charge in [-0.2, -0.15) is 0 Å². The zero-order chi connectivity index (χ0) is 18.7. The zero-order valence-electron chi connectivity index (χ0n) is 15.6. The molecule has 2 aliphatic rings. The minimum absolute atomic E-state index is 0.0125. The Bertz CT molecular complexity index is 782. The van der Waals surface area contributed by atoms with Crippen LogP contribution < -0.4 is 11.1 Å². The van der Waals surface area contributed by atoms with Gasteiger partial charge in [0.25, 0.3) is 0 Å². The Kier molecular flexibility index (Phi) is 5.07. The van der Waals surface area contributed by atoms with Gasteiger partial charge in [0.15, 0.2) is 0 Å². The van der Waals surface area contributed by atoms with Crippen LogP contribution in [0.5, 0.6) is 0 Å². The zero-order valence-corrected chi connectivity index (χ0v) is 15.6. The van der Waals surface area contributed by atoms with Gasteiger partial charge in [-0.1, -0.05) is 30.3 Å². The van der Waals surface area contributed by atoms with Crippen LogP contribution in [0.1, 0.15) is 43.8 Å². The fourth-order valence-electron chi connectivity index (χ4n) is 3.62. The number of carbonyl (C=O) groups is 1. The molecule has 0 bridgehead atoms. The van der Waals surface area contributed by atoms with E-state index in [0.29, 0.717) is 12.5 Å². The summed E-state index contributed by atoms with van der Waals surface area (Å²) in [5.74, 6) is 1.19. The van der Waals surface area contributed by atoms with E-state index >= 15 is 0 Å². The van der Waals surface area contributed by atoms with Gasteiger partial charge in [0.2, 0.25) is 0 Å².